The monoisotopic (exact) mass is 292 g/mol. The van der Waals surface area contributed by atoms with Crippen LogP contribution in [0.1, 0.15) is 29.6 Å². The van der Waals surface area contributed by atoms with Crippen LogP contribution in [0.4, 0.5) is 0 Å². The molecule has 21 heavy (non-hydrogen) atoms. The molecule has 1 saturated heterocycles. The minimum Gasteiger partial charge on any atom is -0.484 e. The molecule has 1 atom stereocenters. The molecule has 0 bridgehead atoms. The third-order valence-corrected chi connectivity index (χ3v) is 3.31. The van der Waals surface area contributed by atoms with Gasteiger partial charge in [-0.1, -0.05) is 0 Å². The Morgan fingerprint density at radius 3 is 2.67 bits per heavy atom. The zero-order valence-electron chi connectivity index (χ0n) is 11.8. The van der Waals surface area contributed by atoms with E-state index in [1.807, 2.05) is 0 Å². The minimum absolute atomic E-state index is 0.0668. The van der Waals surface area contributed by atoms with E-state index in [2.05, 4.69) is 5.32 Å². The highest BCUT2D eigenvalue weighted by molar-refractivity contribution is 5.92. The lowest BCUT2D eigenvalue weighted by Crippen LogP contribution is -2.37. The fraction of sp³-hybridized carbons (Fsp3) is 0.467. The highest BCUT2D eigenvalue weighted by Crippen LogP contribution is 2.12. The van der Waals surface area contributed by atoms with Gasteiger partial charge in [0, 0.05) is 18.7 Å². The van der Waals surface area contributed by atoms with E-state index in [4.69, 9.17) is 15.2 Å². The van der Waals surface area contributed by atoms with Crippen LogP contribution in [0.5, 0.6) is 5.75 Å². The van der Waals surface area contributed by atoms with Crippen LogP contribution in [-0.2, 0) is 9.53 Å². The summed E-state index contributed by atoms with van der Waals surface area (Å²) in [6.07, 6.45) is 3.32. The van der Waals surface area contributed by atoms with Crippen LogP contribution in [0, 0.1) is 0 Å². The molecule has 0 saturated carbocycles. The first-order chi connectivity index (χ1) is 10.1. The highest BCUT2D eigenvalue weighted by Gasteiger charge is 2.14. The van der Waals surface area contributed by atoms with Gasteiger partial charge in [0.2, 0.25) is 5.91 Å². The lowest BCUT2D eigenvalue weighted by atomic mass is 10.1. The van der Waals surface area contributed by atoms with E-state index >= 15 is 0 Å². The summed E-state index contributed by atoms with van der Waals surface area (Å²) in [5.41, 5.74) is 5.54. The van der Waals surface area contributed by atoms with E-state index in [-0.39, 0.29) is 18.6 Å². The maximum absolute atomic E-state index is 11.7. The van der Waals surface area contributed by atoms with E-state index in [0.29, 0.717) is 17.9 Å². The third-order valence-electron chi connectivity index (χ3n) is 3.31. The largest absolute Gasteiger partial charge is 0.484 e. The topological polar surface area (TPSA) is 90.7 Å². The van der Waals surface area contributed by atoms with Gasteiger partial charge < -0.3 is 20.5 Å². The summed E-state index contributed by atoms with van der Waals surface area (Å²) in [5, 5.41) is 2.79. The second-order valence-corrected chi connectivity index (χ2v) is 4.97. The number of primary amides is 1. The minimum atomic E-state index is -0.494. The average molecular weight is 292 g/mol. The van der Waals surface area contributed by atoms with Crippen molar-refractivity contribution in [3.8, 4) is 5.75 Å². The number of hydrogen-bond donors (Lipinski definition) is 2. The van der Waals surface area contributed by atoms with Crippen molar-refractivity contribution in [3.63, 3.8) is 0 Å². The molecule has 6 nitrogen and oxygen atoms in total. The quantitative estimate of drug-likeness (QED) is 0.813. The Morgan fingerprint density at radius 2 is 2.05 bits per heavy atom. The number of benzene rings is 1. The molecule has 1 fully saturated rings. The molecule has 0 aromatic heterocycles. The molecule has 114 valence electrons. The number of hydrogen-bond acceptors (Lipinski definition) is 4. The zero-order chi connectivity index (χ0) is 15.1. The number of carbonyl (C=O) groups is 2. The maximum atomic E-state index is 11.7. The lowest BCUT2D eigenvalue weighted by molar-refractivity contribution is -0.124. The van der Waals surface area contributed by atoms with E-state index in [1.54, 1.807) is 24.3 Å². The van der Waals surface area contributed by atoms with Gasteiger partial charge in [-0.25, -0.2) is 0 Å². The molecule has 0 aliphatic carbocycles. The molecule has 1 aliphatic heterocycles. The summed E-state index contributed by atoms with van der Waals surface area (Å²) in [6, 6.07) is 6.34. The van der Waals surface area contributed by atoms with Crippen LogP contribution in [0.25, 0.3) is 0 Å². The average Bonchev–Trinajstić information content (AvgIpc) is 2.52. The zero-order valence-corrected chi connectivity index (χ0v) is 11.8. The Labute approximate surface area is 123 Å². The Hall–Kier alpha value is -2.08. The number of amides is 2. The van der Waals surface area contributed by atoms with Crippen molar-refractivity contribution < 1.29 is 19.1 Å². The first-order valence-electron chi connectivity index (χ1n) is 7.06. The van der Waals surface area contributed by atoms with Gasteiger partial charge in [-0.2, -0.15) is 0 Å². The van der Waals surface area contributed by atoms with Gasteiger partial charge in [0.15, 0.2) is 6.61 Å². The SMILES string of the molecule is NC(=O)c1ccc(OCC(=O)NC[C@@H]2CCCCO2)cc1. The molecular formula is C15H20N2O4. The number of carbonyl (C=O) groups excluding carboxylic acids is 2. The Balaban J connectivity index is 1.69. The number of nitrogens with two attached hydrogens (primary N) is 1. The molecule has 2 rings (SSSR count). The van der Waals surface area contributed by atoms with Crippen LogP contribution in [0.15, 0.2) is 24.3 Å². The molecule has 1 aromatic rings. The summed E-state index contributed by atoms with van der Waals surface area (Å²) in [5.74, 6) is -0.168. The molecular weight excluding hydrogens is 272 g/mol. The van der Waals surface area contributed by atoms with Crippen LogP contribution in [0.3, 0.4) is 0 Å². The first-order valence-corrected chi connectivity index (χ1v) is 7.06. The molecule has 1 aliphatic rings. The predicted octanol–water partition coefficient (Wildman–Crippen LogP) is 0.850. The molecule has 2 amide bonds. The smallest absolute Gasteiger partial charge is 0.258 e. The first kappa shape index (κ1) is 15.3. The summed E-state index contributed by atoms with van der Waals surface area (Å²) >= 11 is 0. The van der Waals surface area contributed by atoms with Gasteiger partial charge in [0.05, 0.1) is 6.10 Å². The second-order valence-electron chi connectivity index (χ2n) is 4.97. The standard InChI is InChI=1S/C15H20N2O4/c16-15(19)11-4-6-12(7-5-11)21-10-14(18)17-9-13-3-1-2-8-20-13/h4-7,13H,1-3,8-10H2,(H2,16,19)(H,17,18)/t13-/m0/s1. The Kier molecular flexibility index (Phi) is 5.57. The molecule has 0 unspecified atom stereocenters. The van der Waals surface area contributed by atoms with Crippen LogP contribution >= 0.6 is 0 Å². The van der Waals surface area contributed by atoms with Crippen molar-refractivity contribution in [2.24, 2.45) is 5.73 Å². The van der Waals surface area contributed by atoms with E-state index < -0.39 is 5.91 Å². The van der Waals surface area contributed by atoms with Gasteiger partial charge >= 0.3 is 0 Å². The maximum Gasteiger partial charge on any atom is 0.258 e. The summed E-state index contributed by atoms with van der Waals surface area (Å²) in [7, 11) is 0. The summed E-state index contributed by atoms with van der Waals surface area (Å²) < 4.78 is 10.9. The number of nitrogens with one attached hydrogen (secondary N) is 1. The predicted molar refractivity (Wildman–Crippen MR) is 77.1 cm³/mol. The van der Waals surface area contributed by atoms with Crippen molar-refractivity contribution in [3.05, 3.63) is 29.8 Å². The van der Waals surface area contributed by atoms with Gasteiger partial charge in [0.25, 0.3) is 5.91 Å². The van der Waals surface area contributed by atoms with Crippen molar-refractivity contribution >= 4 is 11.8 Å². The van der Waals surface area contributed by atoms with Gasteiger partial charge in [-0.3, -0.25) is 9.59 Å². The van der Waals surface area contributed by atoms with Crippen LogP contribution < -0.4 is 15.8 Å². The molecule has 0 radical (unpaired) electrons. The molecule has 3 N–H and O–H groups in total. The van der Waals surface area contributed by atoms with Gasteiger partial charge in [-0.15, -0.1) is 0 Å². The summed E-state index contributed by atoms with van der Waals surface area (Å²) in [4.78, 5) is 22.6. The van der Waals surface area contributed by atoms with Crippen LogP contribution in [0.2, 0.25) is 0 Å². The van der Waals surface area contributed by atoms with Gasteiger partial charge in [-0.05, 0) is 43.5 Å². The molecule has 0 spiro atoms. The van der Waals surface area contributed by atoms with Crippen LogP contribution in [-0.4, -0.2) is 37.7 Å². The molecule has 1 heterocycles. The second kappa shape index (κ2) is 7.64. The fourth-order valence-corrected chi connectivity index (χ4v) is 2.11. The van der Waals surface area contributed by atoms with Crippen molar-refractivity contribution in [1.82, 2.24) is 5.32 Å². The fourth-order valence-electron chi connectivity index (χ4n) is 2.11. The Morgan fingerprint density at radius 1 is 1.29 bits per heavy atom. The van der Waals surface area contributed by atoms with Crippen molar-refractivity contribution in [2.45, 2.75) is 25.4 Å². The highest BCUT2D eigenvalue weighted by atomic mass is 16.5. The lowest BCUT2D eigenvalue weighted by Gasteiger charge is -2.22. The van der Waals surface area contributed by atoms with Crippen molar-refractivity contribution in [2.75, 3.05) is 19.8 Å². The molecule has 1 aromatic carbocycles. The third kappa shape index (κ3) is 5.07. The number of rotatable bonds is 6. The van der Waals surface area contributed by atoms with Gasteiger partial charge in [0.1, 0.15) is 5.75 Å². The van der Waals surface area contributed by atoms with E-state index in [9.17, 15) is 9.59 Å². The normalized spacial score (nSPS) is 18.0. The summed E-state index contributed by atoms with van der Waals surface area (Å²) in [6.45, 7) is 1.22. The Bertz CT molecular complexity index is 481. The van der Waals surface area contributed by atoms with E-state index in [1.165, 1.54) is 0 Å². The number of ether oxygens (including phenoxy) is 2. The molecule has 6 heteroatoms. The van der Waals surface area contributed by atoms with E-state index in [0.717, 1.165) is 25.9 Å². The van der Waals surface area contributed by atoms with Crippen molar-refractivity contribution in [1.29, 1.82) is 0 Å².